The predicted octanol–water partition coefficient (Wildman–Crippen LogP) is 2.70. The van der Waals surface area contributed by atoms with Crippen molar-refractivity contribution in [1.82, 2.24) is 21.2 Å². The van der Waals surface area contributed by atoms with E-state index in [4.69, 9.17) is 4.74 Å². The number of hydrogen-bond acceptors (Lipinski definition) is 4. The van der Waals surface area contributed by atoms with Crippen molar-refractivity contribution in [2.24, 2.45) is 5.92 Å². The molecule has 26 heavy (non-hydrogen) atoms. The first-order valence-corrected chi connectivity index (χ1v) is 9.26. The number of aromatic amines is 1. The van der Waals surface area contributed by atoms with Crippen molar-refractivity contribution >= 4 is 16.8 Å². The van der Waals surface area contributed by atoms with Gasteiger partial charge in [-0.2, -0.15) is 0 Å². The van der Waals surface area contributed by atoms with E-state index in [1.54, 1.807) is 12.1 Å². The lowest BCUT2D eigenvalue weighted by Gasteiger charge is -2.32. The fourth-order valence-corrected chi connectivity index (χ4v) is 4.06. The van der Waals surface area contributed by atoms with Gasteiger partial charge in [-0.15, -0.1) is 0 Å². The number of aromatic nitrogens is 1. The van der Waals surface area contributed by atoms with Crippen molar-refractivity contribution in [3.05, 3.63) is 35.3 Å². The number of hydrogen-bond donors (Lipinski definition) is 4. The average molecular weight is 360 g/mol. The molecular weight excluding hydrogens is 335 g/mol. The molecule has 4 atom stereocenters. The predicted molar refractivity (Wildman–Crippen MR) is 96.8 cm³/mol. The van der Waals surface area contributed by atoms with Crippen molar-refractivity contribution in [2.75, 3.05) is 0 Å². The van der Waals surface area contributed by atoms with E-state index < -0.39 is 0 Å². The summed E-state index contributed by atoms with van der Waals surface area (Å²) in [5.41, 5.74) is 8.26. The van der Waals surface area contributed by atoms with Gasteiger partial charge in [0.25, 0.3) is 5.91 Å². The summed E-state index contributed by atoms with van der Waals surface area (Å²) in [6.07, 6.45) is 3.92. The normalized spacial score (nSPS) is 29.2. The van der Waals surface area contributed by atoms with E-state index in [2.05, 4.69) is 21.2 Å². The second-order valence-corrected chi connectivity index (χ2v) is 7.42. The van der Waals surface area contributed by atoms with Crippen LogP contribution in [0.3, 0.4) is 0 Å². The third kappa shape index (κ3) is 3.34. The number of nitrogens with one attached hydrogen (secondary N) is 4. The van der Waals surface area contributed by atoms with Gasteiger partial charge in [0.1, 0.15) is 24.0 Å². The van der Waals surface area contributed by atoms with Crippen LogP contribution in [0.25, 0.3) is 10.9 Å². The zero-order chi connectivity index (χ0) is 18.3. The highest BCUT2D eigenvalue weighted by Crippen LogP contribution is 2.29. The number of aryl methyl sites for hydroxylation is 1. The van der Waals surface area contributed by atoms with Gasteiger partial charge in [0.05, 0.1) is 5.52 Å². The van der Waals surface area contributed by atoms with Crippen LogP contribution in [-0.4, -0.2) is 29.4 Å². The minimum Gasteiger partial charge on any atom is -0.350 e. The summed E-state index contributed by atoms with van der Waals surface area (Å²) < 4.78 is 19.8. The molecule has 1 aliphatic carbocycles. The van der Waals surface area contributed by atoms with E-state index in [0.29, 0.717) is 22.5 Å². The molecule has 1 saturated carbocycles. The maximum atomic E-state index is 14.0. The Morgan fingerprint density at radius 1 is 1.31 bits per heavy atom. The smallest absolute Gasteiger partial charge is 0.267 e. The van der Waals surface area contributed by atoms with Gasteiger partial charge < -0.3 is 15.0 Å². The molecule has 1 amide bonds. The lowest BCUT2D eigenvalue weighted by atomic mass is 9.84. The molecular formula is C19H25FN4O2. The van der Waals surface area contributed by atoms with Gasteiger partial charge in [0, 0.05) is 17.3 Å². The Labute approximate surface area is 151 Å². The molecule has 0 bridgehead atoms. The number of carbonyl (C=O) groups excluding carboxylic acids is 1. The number of halogens is 1. The monoisotopic (exact) mass is 360 g/mol. The van der Waals surface area contributed by atoms with Crippen LogP contribution >= 0.6 is 0 Å². The highest BCUT2D eigenvalue weighted by atomic mass is 19.1. The van der Waals surface area contributed by atoms with Crippen LogP contribution in [0.5, 0.6) is 0 Å². The molecule has 1 unspecified atom stereocenters. The van der Waals surface area contributed by atoms with E-state index in [0.717, 1.165) is 31.2 Å². The molecule has 4 N–H and O–H groups in total. The second kappa shape index (κ2) is 6.98. The summed E-state index contributed by atoms with van der Waals surface area (Å²) in [7, 11) is 0. The molecule has 1 aliphatic heterocycles. The molecule has 6 nitrogen and oxygen atoms in total. The Morgan fingerprint density at radius 2 is 2.15 bits per heavy atom. The molecule has 7 heteroatoms. The lowest BCUT2D eigenvalue weighted by Crippen LogP contribution is -2.44. The molecule has 1 aromatic heterocycles. The third-order valence-corrected chi connectivity index (χ3v) is 5.45. The van der Waals surface area contributed by atoms with Crippen LogP contribution in [0.1, 0.15) is 48.7 Å². The fourth-order valence-electron chi connectivity index (χ4n) is 4.06. The van der Waals surface area contributed by atoms with E-state index in [1.165, 1.54) is 6.07 Å². The first-order chi connectivity index (χ1) is 12.5. The highest BCUT2D eigenvalue weighted by molar-refractivity contribution is 5.99. The van der Waals surface area contributed by atoms with E-state index in [-0.39, 0.29) is 30.2 Å². The lowest BCUT2D eigenvalue weighted by molar-refractivity contribution is -0.00470. The average Bonchev–Trinajstić information content (AvgIpc) is 3.26. The maximum absolute atomic E-state index is 14.0. The summed E-state index contributed by atoms with van der Waals surface area (Å²) in [6.45, 7) is 3.86. The second-order valence-electron chi connectivity index (χ2n) is 7.42. The first-order valence-electron chi connectivity index (χ1n) is 9.26. The van der Waals surface area contributed by atoms with Crippen molar-refractivity contribution in [3.63, 3.8) is 0 Å². The topological polar surface area (TPSA) is 78.2 Å². The van der Waals surface area contributed by atoms with Gasteiger partial charge in [-0.1, -0.05) is 12.5 Å². The van der Waals surface area contributed by atoms with Crippen molar-refractivity contribution in [3.8, 4) is 0 Å². The minimum absolute atomic E-state index is 0.000507. The van der Waals surface area contributed by atoms with Crippen LogP contribution < -0.4 is 16.2 Å². The Kier molecular flexibility index (Phi) is 4.69. The van der Waals surface area contributed by atoms with Gasteiger partial charge in [0.15, 0.2) is 0 Å². The summed E-state index contributed by atoms with van der Waals surface area (Å²) in [5.74, 6) is -0.143. The molecule has 2 fully saturated rings. The van der Waals surface area contributed by atoms with E-state index in [1.807, 2.05) is 13.8 Å². The number of amides is 1. The van der Waals surface area contributed by atoms with Crippen LogP contribution in [0, 0.1) is 18.7 Å². The third-order valence-electron chi connectivity index (χ3n) is 5.45. The Balaban J connectivity index is 1.44. The summed E-state index contributed by atoms with van der Waals surface area (Å²) >= 11 is 0. The van der Waals surface area contributed by atoms with Gasteiger partial charge in [-0.3, -0.25) is 4.79 Å². The molecule has 0 radical (unpaired) electrons. The Hall–Kier alpha value is -1.96. The van der Waals surface area contributed by atoms with Gasteiger partial charge in [0.2, 0.25) is 0 Å². The molecule has 2 aromatic rings. The number of benzene rings is 1. The molecule has 1 saturated heterocycles. The van der Waals surface area contributed by atoms with Crippen LogP contribution in [-0.2, 0) is 4.74 Å². The molecule has 4 rings (SSSR count). The molecule has 140 valence electrons. The zero-order valence-electron chi connectivity index (χ0n) is 15.1. The maximum Gasteiger partial charge on any atom is 0.267 e. The minimum atomic E-state index is -0.315. The van der Waals surface area contributed by atoms with Crippen LogP contribution in [0.2, 0.25) is 0 Å². The zero-order valence-corrected chi connectivity index (χ0v) is 15.1. The molecule has 2 aliphatic rings. The van der Waals surface area contributed by atoms with Crippen molar-refractivity contribution in [1.29, 1.82) is 0 Å². The fraction of sp³-hybridized carbons (Fsp3) is 0.526. The summed E-state index contributed by atoms with van der Waals surface area (Å²) in [5, 5.41) is 3.56. The van der Waals surface area contributed by atoms with Gasteiger partial charge in [-0.05, 0) is 50.8 Å². The number of ether oxygens (including phenoxy) is 1. The SMILES string of the molecule is Cc1ccc(F)c2cc(C(=O)N[C@@H]3CCC[C@H]([C@H]4NNC(C)O4)C3)[nH]c12. The van der Waals surface area contributed by atoms with Crippen molar-refractivity contribution in [2.45, 2.75) is 58.0 Å². The number of carbonyl (C=O) groups is 1. The van der Waals surface area contributed by atoms with E-state index in [9.17, 15) is 9.18 Å². The number of hydrazine groups is 1. The molecule has 1 aromatic carbocycles. The molecule has 0 spiro atoms. The summed E-state index contributed by atoms with van der Waals surface area (Å²) in [6, 6.07) is 4.84. The number of fused-ring (bicyclic) bond motifs is 1. The quantitative estimate of drug-likeness (QED) is 0.679. The van der Waals surface area contributed by atoms with Crippen LogP contribution in [0.4, 0.5) is 4.39 Å². The van der Waals surface area contributed by atoms with Gasteiger partial charge in [-0.25, -0.2) is 15.2 Å². The number of rotatable bonds is 3. The Bertz CT molecular complexity index is 782. The standard InChI is InChI=1S/C19H25FN4O2/c1-10-6-7-15(20)14-9-16(22-17(10)14)18(25)21-13-5-3-4-12(8-13)19-24-23-11(2)26-19/h6-7,9,11-13,19,22-24H,3-5,8H2,1-2H3,(H,21,25)/t11?,12-,13+,19-/m0/s1. The summed E-state index contributed by atoms with van der Waals surface area (Å²) in [4.78, 5) is 15.7. The number of H-pyrrole nitrogens is 1. The largest absolute Gasteiger partial charge is 0.350 e. The first kappa shape index (κ1) is 17.5. The molecule has 2 heterocycles. The Morgan fingerprint density at radius 3 is 2.88 bits per heavy atom. The van der Waals surface area contributed by atoms with E-state index >= 15 is 0 Å². The van der Waals surface area contributed by atoms with Gasteiger partial charge >= 0.3 is 0 Å². The highest BCUT2D eigenvalue weighted by Gasteiger charge is 2.33. The van der Waals surface area contributed by atoms with Crippen molar-refractivity contribution < 1.29 is 13.9 Å². The van der Waals surface area contributed by atoms with Crippen LogP contribution in [0.15, 0.2) is 18.2 Å².